The Kier molecular flexibility index (Phi) is 4.65. The molecule has 0 bridgehead atoms. The first kappa shape index (κ1) is 21.4. The van der Waals surface area contributed by atoms with Crippen LogP contribution in [0.4, 0.5) is 21.8 Å². The minimum absolute atomic E-state index is 0.0237. The molecule has 2 aliphatic heterocycles. The Hall–Kier alpha value is -3.86. The molecular weight excluding hydrogens is 463 g/mol. The van der Waals surface area contributed by atoms with E-state index in [-0.39, 0.29) is 23.8 Å². The van der Waals surface area contributed by atoms with Crippen LogP contribution in [0.5, 0.6) is 11.8 Å². The molecule has 1 saturated carbocycles. The van der Waals surface area contributed by atoms with Gasteiger partial charge in [-0.15, -0.1) is 0 Å². The topological polar surface area (TPSA) is 122 Å². The minimum Gasteiger partial charge on any atom is -0.421 e. The van der Waals surface area contributed by atoms with Gasteiger partial charge in [0.1, 0.15) is 11.6 Å². The second-order valence-electron chi connectivity index (χ2n) is 9.84. The van der Waals surface area contributed by atoms with Gasteiger partial charge in [0.25, 0.3) is 0 Å². The van der Waals surface area contributed by atoms with Gasteiger partial charge in [0, 0.05) is 56.8 Å². The number of nitrogens with two attached hydrogens (primary N) is 1. The van der Waals surface area contributed by atoms with Gasteiger partial charge in [0.2, 0.25) is 11.9 Å². The molecule has 3 fully saturated rings. The molecule has 1 amide bonds. The lowest BCUT2D eigenvalue weighted by Crippen LogP contribution is -2.29. The van der Waals surface area contributed by atoms with Crippen LogP contribution in [0, 0.1) is 17.7 Å². The number of benzene rings is 1. The van der Waals surface area contributed by atoms with Crippen molar-refractivity contribution in [2.75, 3.05) is 41.8 Å². The summed E-state index contributed by atoms with van der Waals surface area (Å²) >= 11 is 0. The maximum absolute atomic E-state index is 14.5. The quantitative estimate of drug-likeness (QED) is 0.436. The van der Waals surface area contributed by atoms with E-state index in [0.29, 0.717) is 42.9 Å². The van der Waals surface area contributed by atoms with Gasteiger partial charge in [-0.1, -0.05) is 0 Å². The Bertz CT molecular complexity index is 1390. The number of anilines is 3. The molecule has 3 aromatic rings. The Morgan fingerprint density at radius 1 is 1.17 bits per heavy atom. The number of fused-ring (bicyclic) bond motifs is 4. The van der Waals surface area contributed by atoms with Crippen molar-refractivity contribution < 1.29 is 13.9 Å². The number of rotatable bonds is 5. The number of nitrogens with one attached hydrogen (secondary N) is 1. The second kappa shape index (κ2) is 7.82. The third-order valence-corrected chi connectivity index (χ3v) is 7.74. The van der Waals surface area contributed by atoms with Crippen LogP contribution in [-0.4, -0.2) is 58.6 Å². The first-order chi connectivity index (χ1) is 17.5. The van der Waals surface area contributed by atoms with Crippen molar-refractivity contribution in [1.82, 2.24) is 19.9 Å². The summed E-state index contributed by atoms with van der Waals surface area (Å²) in [6.45, 7) is 2.23. The number of piperidine rings is 1. The van der Waals surface area contributed by atoms with Crippen molar-refractivity contribution in [3.8, 4) is 22.9 Å². The van der Waals surface area contributed by atoms with Crippen LogP contribution >= 0.6 is 0 Å². The number of amides is 1. The SMILES string of the molecule is CNc1cc(F)cc2c1Cc1nc(Oc3cnc(N4CCCC4=O)nc3)nc(N3CC4C(N)C4C3)c1-2. The zero-order valence-corrected chi connectivity index (χ0v) is 19.7. The van der Waals surface area contributed by atoms with Crippen molar-refractivity contribution in [3.63, 3.8) is 0 Å². The highest BCUT2D eigenvalue weighted by Crippen LogP contribution is 2.50. The van der Waals surface area contributed by atoms with Crippen molar-refractivity contribution in [3.05, 3.63) is 41.6 Å². The van der Waals surface area contributed by atoms with E-state index < -0.39 is 0 Å². The molecule has 36 heavy (non-hydrogen) atoms. The molecule has 2 atom stereocenters. The van der Waals surface area contributed by atoms with Crippen molar-refractivity contribution in [2.24, 2.45) is 17.6 Å². The number of ether oxygens (including phenoxy) is 1. The molecule has 3 N–H and O–H groups in total. The average Bonchev–Trinajstić information content (AvgIpc) is 3.33. The largest absolute Gasteiger partial charge is 0.421 e. The molecule has 11 heteroatoms. The minimum atomic E-state index is -0.308. The summed E-state index contributed by atoms with van der Waals surface area (Å²) < 4.78 is 20.5. The third-order valence-electron chi connectivity index (χ3n) is 7.74. The van der Waals surface area contributed by atoms with Gasteiger partial charge in [-0.2, -0.15) is 9.97 Å². The zero-order valence-electron chi connectivity index (χ0n) is 19.7. The Labute approximate surface area is 206 Å². The fourth-order valence-electron chi connectivity index (χ4n) is 5.80. The number of carbonyl (C=O) groups excluding carboxylic acids is 1. The number of hydrogen-bond donors (Lipinski definition) is 2. The monoisotopic (exact) mass is 488 g/mol. The molecule has 2 aromatic heterocycles. The predicted octanol–water partition coefficient (Wildman–Crippen LogP) is 2.33. The van der Waals surface area contributed by atoms with E-state index in [4.69, 9.17) is 20.4 Å². The lowest BCUT2D eigenvalue weighted by atomic mass is 10.0. The molecule has 10 nitrogen and oxygen atoms in total. The van der Waals surface area contributed by atoms with E-state index in [1.165, 1.54) is 18.5 Å². The lowest BCUT2D eigenvalue weighted by Gasteiger charge is -2.23. The summed E-state index contributed by atoms with van der Waals surface area (Å²) in [6.07, 6.45) is 4.91. The average molecular weight is 489 g/mol. The molecule has 2 aliphatic carbocycles. The first-order valence-electron chi connectivity index (χ1n) is 12.2. The molecule has 184 valence electrons. The first-order valence-corrected chi connectivity index (χ1v) is 12.2. The number of carbonyl (C=O) groups is 1. The summed E-state index contributed by atoms with van der Waals surface area (Å²) in [5, 5.41) is 3.10. The van der Waals surface area contributed by atoms with Crippen LogP contribution in [0.25, 0.3) is 11.1 Å². The molecule has 2 saturated heterocycles. The smallest absolute Gasteiger partial charge is 0.324 e. The zero-order chi connectivity index (χ0) is 24.6. The Morgan fingerprint density at radius 2 is 1.94 bits per heavy atom. The van der Waals surface area contributed by atoms with Crippen LogP contribution < -0.4 is 25.6 Å². The second-order valence-corrected chi connectivity index (χ2v) is 9.84. The van der Waals surface area contributed by atoms with E-state index in [1.807, 2.05) is 0 Å². The molecule has 0 spiro atoms. The number of halogens is 1. The van der Waals surface area contributed by atoms with Gasteiger partial charge in [-0.05, 0) is 41.5 Å². The molecule has 4 heterocycles. The van der Waals surface area contributed by atoms with Gasteiger partial charge in [-0.25, -0.2) is 14.4 Å². The van der Waals surface area contributed by atoms with E-state index >= 15 is 0 Å². The van der Waals surface area contributed by atoms with Crippen molar-refractivity contribution in [1.29, 1.82) is 0 Å². The summed E-state index contributed by atoms with van der Waals surface area (Å²) in [4.78, 5) is 33.9. The van der Waals surface area contributed by atoms with E-state index in [1.54, 1.807) is 18.0 Å². The van der Waals surface area contributed by atoms with Crippen LogP contribution in [0.2, 0.25) is 0 Å². The summed E-state index contributed by atoms with van der Waals surface area (Å²) in [7, 11) is 1.79. The van der Waals surface area contributed by atoms with Crippen molar-refractivity contribution in [2.45, 2.75) is 25.3 Å². The Morgan fingerprint density at radius 3 is 2.64 bits per heavy atom. The summed E-state index contributed by atoms with van der Waals surface area (Å²) in [6, 6.07) is 3.49. The number of nitrogens with zero attached hydrogens (tertiary/aromatic N) is 6. The van der Waals surface area contributed by atoms with Gasteiger partial charge in [0.05, 0.1) is 18.1 Å². The summed E-state index contributed by atoms with van der Waals surface area (Å²) in [5.41, 5.74) is 10.4. The van der Waals surface area contributed by atoms with Gasteiger partial charge < -0.3 is 20.7 Å². The van der Waals surface area contributed by atoms with E-state index in [2.05, 4.69) is 20.2 Å². The molecule has 4 aliphatic rings. The van der Waals surface area contributed by atoms with E-state index in [9.17, 15) is 9.18 Å². The fourth-order valence-corrected chi connectivity index (χ4v) is 5.80. The highest BCUT2D eigenvalue weighted by atomic mass is 19.1. The normalized spacial score (nSPS) is 23.5. The summed E-state index contributed by atoms with van der Waals surface area (Å²) in [5.74, 6) is 2.10. The number of aromatic nitrogens is 4. The third kappa shape index (κ3) is 3.29. The van der Waals surface area contributed by atoms with Gasteiger partial charge in [-0.3, -0.25) is 9.69 Å². The van der Waals surface area contributed by atoms with Crippen LogP contribution in [0.1, 0.15) is 24.1 Å². The van der Waals surface area contributed by atoms with Gasteiger partial charge >= 0.3 is 6.01 Å². The van der Waals surface area contributed by atoms with Gasteiger partial charge in [0.15, 0.2) is 5.75 Å². The number of hydrogen-bond acceptors (Lipinski definition) is 9. The molecule has 1 aromatic carbocycles. The molecule has 2 unspecified atom stereocenters. The van der Waals surface area contributed by atoms with E-state index in [0.717, 1.165) is 53.4 Å². The molecule has 7 rings (SSSR count). The fraction of sp³-hybridized carbons (Fsp3) is 0.400. The molecular formula is C25H25FN8O2. The predicted molar refractivity (Wildman–Crippen MR) is 131 cm³/mol. The van der Waals surface area contributed by atoms with Crippen LogP contribution in [0.15, 0.2) is 24.5 Å². The lowest BCUT2D eigenvalue weighted by molar-refractivity contribution is -0.117. The maximum atomic E-state index is 14.5. The van der Waals surface area contributed by atoms with Crippen LogP contribution in [-0.2, 0) is 11.2 Å². The standard InChI is InChI=1S/C25H25FN8O2/c1-28-18-6-12(26)5-15-14(18)7-19-21(15)23(33-10-16-17(11-33)22(16)27)32-25(31-19)36-13-8-29-24(30-9-13)34-4-2-3-20(34)35/h5-6,8-9,16-17,22,28H,2-4,7,10-11,27H2,1H3. The highest BCUT2D eigenvalue weighted by molar-refractivity contribution is 5.93. The van der Waals surface area contributed by atoms with Crippen molar-refractivity contribution >= 4 is 23.4 Å². The van der Waals surface area contributed by atoms with Crippen LogP contribution in [0.3, 0.4) is 0 Å². The molecule has 0 radical (unpaired) electrons. The maximum Gasteiger partial charge on any atom is 0.324 e. The highest BCUT2D eigenvalue weighted by Gasteiger charge is 2.54. The Balaban J connectivity index is 1.24.